The molecule has 1 aromatic rings. The van der Waals surface area contributed by atoms with Crippen molar-refractivity contribution >= 4 is 11.6 Å². The van der Waals surface area contributed by atoms with Gasteiger partial charge < -0.3 is 20.0 Å². The summed E-state index contributed by atoms with van der Waals surface area (Å²) in [6, 6.07) is 8.35. The minimum atomic E-state index is 0.0481. The summed E-state index contributed by atoms with van der Waals surface area (Å²) >= 11 is 0. The number of piperidine rings is 3. The largest absolute Gasteiger partial charge is 0.378 e. The lowest BCUT2D eigenvalue weighted by molar-refractivity contribution is -0.0160. The number of piperazine rings is 1. The average molecular weight is 400 g/mol. The molecule has 4 atom stereocenters. The van der Waals surface area contributed by atoms with Gasteiger partial charge in [0.05, 0.1) is 0 Å². The molecule has 4 aliphatic rings. The van der Waals surface area contributed by atoms with Gasteiger partial charge in [-0.15, -0.1) is 0 Å². The lowest BCUT2D eigenvalue weighted by Gasteiger charge is -2.51. The van der Waals surface area contributed by atoms with Gasteiger partial charge >= 0.3 is 0 Å². The molecule has 0 radical (unpaired) electrons. The Hall–Kier alpha value is -1.63. The van der Waals surface area contributed by atoms with E-state index in [1.807, 2.05) is 43.3 Å². The first-order valence-electron chi connectivity index (χ1n) is 11.2. The van der Waals surface area contributed by atoms with Gasteiger partial charge in [-0.2, -0.15) is 0 Å². The van der Waals surface area contributed by atoms with Crippen LogP contribution in [-0.4, -0.2) is 100 Å². The Bertz CT molecular complexity index is 683. The Morgan fingerprint density at radius 3 is 2.45 bits per heavy atom. The van der Waals surface area contributed by atoms with E-state index in [2.05, 4.69) is 27.1 Å². The Labute approximate surface area is 175 Å². The predicted octanol–water partition coefficient (Wildman–Crippen LogP) is 1.44. The summed E-state index contributed by atoms with van der Waals surface area (Å²) in [5.74, 6) is 1.67. The number of carbonyl (C=O) groups excluding carboxylic acids is 1. The van der Waals surface area contributed by atoms with Crippen molar-refractivity contribution in [1.29, 1.82) is 0 Å². The van der Waals surface area contributed by atoms with Gasteiger partial charge in [-0.05, 0) is 62.5 Å². The Balaban J connectivity index is 1.25. The molecule has 0 aliphatic carbocycles. The van der Waals surface area contributed by atoms with Crippen LogP contribution in [0.1, 0.15) is 23.2 Å². The third-order valence-corrected chi connectivity index (χ3v) is 7.25. The molecular formula is C23H37N5O. The maximum Gasteiger partial charge on any atom is 0.251 e. The van der Waals surface area contributed by atoms with Crippen molar-refractivity contribution in [3.05, 3.63) is 29.8 Å². The van der Waals surface area contributed by atoms with E-state index in [-0.39, 0.29) is 5.91 Å². The van der Waals surface area contributed by atoms with E-state index in [4.69, 9.17) is 0 Å². The number of nitrogens with one attached hydrogen (secondary N) is 1. The number of hydrogen-bond acceptors (Lipinski definition) is 5. The Morgan fingerprint density at radius 1 is 1.10 bits per heavy atom. The van der Waals surface area contributed by atoms with E-state index >= 15 is 0 Å². The summed E-state index contributed by atoms with van der Waals surface area (Å²) in [5, 5.41) is 3.19. The highest BCUT2D eigenvalue weighted by molar-refractivity contribution is 5.94. The first kappa shape index (κ1) is 20.6. The van der Waals surface area contributed by atoms with Crippen LogP contribution in [0.3, 0.4) is 0 Å². The number of nitrogens with zero attached hydrogens (tertiary/aromatic N) is 4. The van der Waals surface area contributed by atoms with Crippen LogP contribution in [-0.2, 0) is 0 Å². The monoisotopic (exact) mass is 399 g/mol. The SMILES string of the molecule is CN1CCN(C[C@@H]2CN3CC[C@H]2C[C@@H]3CNC(=O)c2ccc(N(C)C)cc2)CC1. The molecule has 4 aliphatic heterocycles. The van der Waals surface area contributed by atoms with Crippen LogP contribution in [0.25, 0.3) is 0 Å². The maximum atomic E-state index is 12.6. The fourth-order valence-corrected chi connectivity index (χ4v) is 5.25. The number of anilines is 1. The lowest BCUT2D eigenvalue weighted by Crippen LogP contribution is -2.59. The topological polar surface area (TPSA) is 42.1 Å². The van der Waals surface area contributed by atoms with E-state index < -0.39 is 0 Å². The summed E-state index contributed by atoms with van der Waals surface area (Å²) in [5.41, 5.74) is 1.86. The quantitative estimate of drug-likeness (QED) is 0.784. The maximum absolute atomic E-state index is 12.6. The van der Waals surface area contributed by atoms with Gasteiger partial charge in [-0.3, -0.25) is 9.69 Å². The molecular weight excluding hydrogens is 362 g/mol. The molecule has 6 nitrogen and oxygen atoms in total. The number of fused-ring (bicyclic) bond motifs is 3. The molecule has 4 heterocycles. The van der Waals surface area contributed by atoms with Gasteiger partial charge in [0.2, 0.25) is 0 Å². The van der Waals surface area contributed by atoms with Crippen LogP contribution in [0, 0.1) is 11.8 Å². The highest BCUT2D eigenvalue weighted by atomic mass is 16.1. The summed E-state index contributed by atoms with van der Waals surface area (Å²) in [4.78, 5) is 22.4. The van der Waals surface area contributed by atoms with Crippen molar-refractivity contribution in [1.82, 2.24) is 20.0 Å². The summed E-state index contributed by atoms with van der Waals surface area (Å²) in [6.07, 6.45) is 2.56. The lowest BCUT2D eigenvalue weighted by atomic mass is 9.75. The highest BCUT2D eigenvalue weighted by Gasteiger charge is 2.40. The van der Waals surface area contributed by atoms with E-state index in [1.165, 1.54) is 58.7 Å². The molecule has 5 rings (SSSR count). The standard InChI is InChI=1S/C23H37N5O/c1-25(2)21-6-4-18(5-7-21)23(29)24-15-22-14-19-8-9-28(22)17-20(19)16-27-12-10-26(3)11-13-27/h4-7,19-20,22H,8-17H2,1-3H3,(H,24,29)/t19-,20+,22+/m0/s1. The van der Waals surface area contributed by atoms with Crippen molar-refractivity contribution in [2.24, 2.45) is 11.8 Å². The van der Waals surface area contributed by atoms with Gasteiger partial charge in [0.1, 0.15) is 0 Å². The number of rotatable bonds is 6. The Kier molecular flexibility index (Phi) is 6.42. The summed E-state index contributed by atoms with van der Waals surface area (Å²) in [6.45, 7) is 9.25. The second kappa shape index (κ2) is 9.02. The predicted molar refractivity (Wildman–Crippen MR) is 119 cm³/mol. The number of likely N-dealkylation sites (N-methyl/N-ethyl adjacent to an activating group) is 1. The molecule has 4 saturated heterocycles. The van der Waals surface area contributed by atoms with Crippen molar-refractivity contribution in [2.45, 2.75) is 18.9 Å². The molecule has 1 aromatic carbocycles. The second-order valence-electron chi connectivity index (χ2n) is 9.45. The molecule has 0 spiro atoms. The third kappa shape index (κ3) is 4.93. The van der Waals surface area contributed by atoms with Gasteiger partial charge in [-0.1, -0.05) is 0 Å². The molecule has 1 N–H and O–H groups in total. The average Bonchev–Trinajstić information content (AvgIpc) is 2.74. The van der Waals surface area contributed by atoms with E-state index in [1.54, 1.807) is 0 Å². The number of benzene rings is 1. The van der Waals surface area contributed by atoms with Gasteiger partial charge in [0.15, 0.2) is 0 Å². The van der Waals surface area contributed by atoms with Crippen LogP contribution in [0.4, 0.5) is 5.69 Å². The Morgan fingerprint density at radius 2 is 1.83 bits per heavy atom. The van der Waals surface area contributed by atoms with Crippen LogP contribution < -0.4 is 10.2 Å². The molecule has 2 bridgehead atoms. The van der Waals surface area contributed by atoms with E-state index in [0.717, 1.165) is 29.6 Å². The molecule has 6 heteroatoms. The zero-order chi connectivity index (χ0) is 20.4. The second-order valence-corrected chi connectivity index (χ2v) is 9.45. The van der Waals surface area contributed by atoms with Crippen LogP contribution in [0.5, 0.6) is 0 Å². The van der Waals surface area contributed by atoms with Crippen LogP contribution in [0.15, 0.2) is 24.3 Å². The molecule has 0 aromatic heterocycles. The number of hydrogen-bond donors (Lipinski definition) is 1. The zero-order valence-corrected chi connectivity index (χ0v) is 18.3. The van der Waals surface area contributed by atoms with E-state index in [0.29, 0.717) is 6.04 Å². The molecule has 1 unspecified atom stereocenters. The first-order valence-corrected chi connectivity index (χ1v) is 11.2. The van der Waals surface area contributed by atoms with Crippen molar-refractivity contribution in [3.63, 3.8) is 0 Å². The first-order chi connectivity index (χ1) is 14.0. The molecule has 1 amide bonds. The molecule has 4 fully saturated rings. The highest BCUT2D eigenvalue weighted by Crippen LogP contribution is 2.36. The summed E-state index contributed by atoms with van der Waals surface area (Å²) < 4.78 is 0. The van der Waals surface area contributed by atoms with Gasteiger partial charge in [0.25, 0.3) is 5.91 Å². The fourth-order valence-electron chi connectivity index (χ4n) is 5.25. The smallest absolute Gasteiger partial charge is 0.251 e. The van der Waals surface area contributed by atoms with Gasteiger partial charge in [0, 0.05) is 77.2 Å². The summed E-state index contributed by atoms with van der Waals surface area (Å²) in [7, 11) is 6.25. The zero-order valence-electron chi connectivity index (χ0n) is 18.3. The van der Waals surface area contributed by atoms with Gasteiger partial charge in [-0.25, -0.2) is 0 Å². The third-order valence-electron chi connectivity index (χ3n) is 7.25. The van der Waals surface area contributed by atoms with Crippen molar-refractivity contribution < 1.29 is 4.79 Å². The van der Waals surface area contributed by atoms with Crippen molar-refractivity contribution in [2.75, 3.05) is 78.4 Å². The van der Waals surface area contributed by atoms with Crippen LogP contribution >= 0.6 is 0 Å². The minimum Gasteiger partial charge on any atom is -0.378 e. The minimum absolute atomic E-state index is 0.0481. The normalized spacial score (nSPS) is 30.3. The molecule has 0 saturated carbocycles. The number of carbonyl (C=O) groups is 1. The van der Waals surface area contributed by atoms with E-state index in [9.17, 15) is 4.79 Å². The van der Waals surface area contributed by atoms with Crippen LogP contribution in [0.2, 0.25) is 0 Å². The molecule has 29 heavy (non-hydrogen) atoms. The molecule has 160 valence electrons. The fraction of sp³-hybridized carbons (Fsp3) is 0.696. The number of amides is 1. The van der Waals surface area contributed by atoms with Crippen molar-refractivity contribution in [3.8, 4) is 0 Å².